The molecule has 0 radical (unpaired) electrons. The van der Waals surface area contributed by atoms with Crippen LogP contribution in [-0.2, 0) is 14.4 Å². The Labute approximate surface area is 154 Å². The van der Waals surface area contributed by atoms with Crippen LogP contribution in [0.5, 0.6) is 0 Å². The molecule has 0 fully saturated rings. The van der Waals surface area contributed by atoms with E-state index in [2.05, 4.69) is 15.9 Å². The molecule has 1 aromatic rings. The molecule has 0 aliphatic carbocycles. The highest BCUT2D eigenvalue weighted by atomic mass is 79.9. The van der Waals surface area contributed by atoms with Gasteiger partial charge in [0, 0.05) is 17.4 Å². The second kappa shape index (κ2) is 8.29. The second-order valence-corrected chi connectivity index (χ2v) is 6.89. The van der Waals surface area contributed by atoms with Crippen molar-refractivity contribution >= 4 is 33.6 Å². The van der Waals surface area contributed by atoms with Crippen LogP contribution in [0, 0.1) is 0 Å². The summed E-state index contributed by atoms with van der Waals surface area (Å²) in [6.45, 7) is 1.68. The molecule has 0 aromatic heterocycles. The SMILES string of the molecule is CC(=O)C1=C(O)C(=O)N(CCCCCC(=O)O)[C@@H]1c1ccc(Br)cc1. The molecule has 7 heteroatoms. The highest BCUT2D eigenvalue weighted by molar-refractivity contribution is 9.10. The van der Waals surface area contributed by atoms with Gasteiger partial charge in [-0.15, -0.1) is 0 Å². The molecule has 0 saturated carbocycles. The van der Waals surface area contributed by atoms with Crippen LogP contribution in [0.3, 0.4) is 0 Å². The van der Waals surface area contributed by atoms with Crippen molar-refractivity contribution in [2.24, 2.45) is 0 Å². The van der Waals surface area contributed by atoms with Gasteiger partial charge < -0.3 is 15.1 Å². The molecule has 1 amide bonds. The summed E-state index contributed by atoms with van der Waals surface area (Å²) in [4.78, 5) is 36.4. The van der Waals surface area contributed by atoms with E-state index in [1.54, 1.807) is 12.1 Å². The van der Waals surface area contributed by atoms with Crippen LogP contribution in [0.1, 0.15) is 44.2 Å². The molecule has 0 unspecified atom stereocenters. The zero-order valence-electron chi connectivity index (χ0n) is 13.9. The first-order valence-corrected chi connectivity index (χ1v) is 8.84. The molecule has 1 heterocycles. The predicted octanol–water partition coefficient (Wildman–Crippen LogP) is 3.38. The van der Waals surface area contributed by atoms with Gasteiger partial charge in [-0.1, -0.05) is 34.5 Å². The number of carboxylic acids is 1. The Morgan fingerprint density at radius 3 is 2.36 bits per heavy atom. The zero-order valence-corrected chi connectivity index (χ0v) is 15.5. The number of unbranched alkanes of at least 4 members (excludes halogenated alkanes) is 2. The van der Waals surface area contributed by atoms with Gasteiger partial charge in [-0.3, -0.25) is 14.4 Å². The van der Waals surface area contributed by atoms with Crippen LogP contribution < -0.4 is 0 Å². The van der Waals surface area contributed by atoms with Gasteiger partial charge in [-0.05, 0) is 37.5 Å². The first-order chi connectivity index (χ1) is 11.8. The van der Waals surface area contributed by atoms with Crippen molar-refractivity contribution in [3.63, 3.8) is 0 Å². The molecule has 1 aliphatic heterocycles. The van der Waals surface area contributed by atoms with Crippen LogP contribution in [0.25, 0.3) is 0 Å². The van der Waals surface area contributed by atoms with Gasteiger partial charge in [0.1, 0.15) is 0 Å². The smallest absolute Gasteiger partial charge is 0.303 e. The van der Waals surface area contributed by atoms with E-state index < -0.39 is 23.7 Å². The number of nitrogens with zero attached hydrogens (tertiary/aromatic N) is 1. The number of amides is 1. The van der Waals surface area contributed by atoms with E-state index >= 15 is 0 Å². The van der Waals surface area contributed by atoms with E-state index in [-0.39, 0.29) is 17.8 Å². The Balaban J connectivity index is 2.19. The minimum absolute atomic E-state index is 0.0896. The fourth-order valence-electron chi connectivity index (χ4n) is 2.97. The molecule has 1 aliphatic rings. The summed E-state index contributed by atoms with van der Waals surface area (Å²) in [7, 11) is 0. The molecule has 0 spiro atoms. The van der Waals surface area contributed by atoms with Crippen molar-refractivity contribution < 1.29 is 24.6 Å². The number of aliphatic hydroxyl groups excluding tert-OH is 1. The Morgan fingerprint density at radius 2 is 1.80 bits per heavy atom. The second-order valence-electron chi connectivity index (χ2n) is 5.98. The van der Waals surface area contributed by atoms with Gasteiger partial charge in [-0.2, -0.15) is 0 Å². The molecule has 6 nitrogen and oxygen atoms in total. The largest absolute Gasteiger partial charge is 0.503 e. The number of halogens is 1. The standard InChI is InChI=1S/C18H20BrNO5/c1-11(21)15-16(12-6-8-13(19)9-7-12)20(18(25)17(15)24)10-4-2-3-5-14(22)23/h6-9,16,24H,2-5,10H2,1H3,(H,22,23)/t16-/m1/s1. The summed E-state index contributed by atoms with van der Waals surface area (Å²) in [6, 6.07) is 6.63. The summed E-state index contributed by atoms with van der Waals surface area (Å²) >= 11 is 3.35. The third-order valence-electron chi connectivity index (χ3n) is 4.16. The number of rotatable bonds is 8. The van der Waals surface area contributed by atoms with Gasteiger partial charge in [-0.25, -0.2) is 0 Å². The van der Waals surface area contributed by atoms with Gasteiger partial charge in [0.15, 0.2) is 11.5 Å². The minimum Gasteiger partial charge on any atom is -0.503 e. The molecule has 0 saturated heterocycles. The number of aliphatic carboxylic acids is 1. The van der Waals surface area contributed by atoms with Crippen LogP contribution >= 0.6 is 15.9 Å². The minimum atomic E-state index is -0.844. The van der Waals surface area contributed by atoms with Crippen molar-refractivity contribution in [3.05, 3.63) is 45.6 Å². The third kappa shape index (κ3) is 4.48. The molecule has 1 aromatic carbocycles. The van der Waals surface area contributed by atoms with Crippen molar-refractivity contribution in [1.82, 2.24) is 4.90 Å². The normalized spacial score (nSPS) is 17.3. The maximum atomic E-state index is 12.4. The lowest BCUT2D eigenvalue weighted by atomic mass is 9.96. The summed E-state index contributed by atoms with van der Waals surface area (Å²) in [5.41, 5.74) is 0.856. The van der Waals surface area contributed by atoms with E-state index in [1.807, 2.05) is 12.1 Å². The predicted molar refractivity (Wildman–Crippen MR) is 95.0 cm³/mol. The molecule has 134 valence electrons. The lowest BCUT2D eigenvalue weighted by molar-refractivity contribution is -0.137. The number of carbonyl (C=O) groups is 3. The van der Waals surface area contributed by atoms with Crippen LogP contribution in [0.4, 0.5) is 0 Å². The van der Waals surface area contributed by atoms with Crippen LogP contribution in [0.15, 0.2) is 40.1 Å². The first-order valence-electron chi connectivity index (χ1n) is 8.05. The average molecular weight is 410 g/mol. The molecule has 2 N–H and O–H groups in total. The molecule has 25 heavy (non-hydrogen) atoms. The van der Waals surface area contributed by atoms with Gasteiger partial charge in [0.2, 0.25) is 0 Å². The number of hydrogen-bond donors (Lipinski definition) is 2. The number of Topliss-reactive ketones (excluding diaryl/α,β-unsaturated/α-hetero) is 1. The summed E-state index contributed by atoms with van der Waals surface area (Å²) in [5, 5.41) is 18.8. The summed E-state index contributed by atoms with van der Waals surface area (Å²) in [6.07, 6.45) is 1.87. The maximum absolute atomic E-state index is 12.4. The monoisotopic (exact) mass is 409 g/mol. The topological polar surface area (TPSA) is 94.9 Å². The van der Waals surface area contributed by atoms with Gasteiger partial charge in [0.25, 0.3) is 5.91 Å². The molecule has 2 rings (SSSR count). The van der Waals surface area contributed by atoms with E-state index in [1.165, 1.54) is 11.8 Å². The highest BCUT2D eigenvalue weighted by Gasteiger charge is 2.41. The number of ketones is 1. The van der Waals surface area contributed by atoms with E-state index in [9.17, 15) is 19.5 Å². The Kier molecular flexibility index (Phi) is 6.36. The van der Waals surface area contributed by atoms with Gasteiger partial charge >= 0.3 is 5.97 Å². The van der Waals surface area contributed by atoms with Gasteiger partial charge in [0.05, 0.1) is 11.6 Å². The number of benzene rings is 1. The number of carboxylic acid groups (broad SMARTS) is 1. The number of hydrogen-bond acceptors (Lipinski definition) is 4. The molecular formula is C18H20BrNO5. The van der Waals surface area contributed by atoms with E-state index in [4.69, 9.17) is 5.11 Å². The fraction of sp³-hybridized carbons (Fsp3) is 0.389. The van der Waals surface area contributed by atoms with Crippen molar-refractivity contribution in [1.29, 1.82) is 0 Å². The molecule has 0 bridgehead atoms. The number of aliphatic hydroxyl groups is 1. The summed E-state index contributed by atoms with van der Waals surface area (Å²) in [5.74, 6) is -2.24. The van der Waals surface area contributed by atoms with E-state index in [0.717, 1.165) is 10.0 Å². The van der Waals surface area contributed by atoms with Crippen molar-refractivity contribution in [2.75, 3.05) is 6.54 Å². The number of carbonyl (C=O) groups excluding carboxylic acids is 2. The fourth-order valence-corrected chi connectivity index (χ4v) is 3.23. The molecular weight excluding hydrogens is 390 g/mol. The quantitative estimate of drug-likeness (QED) is 0.641. The Bertz CT molecular complexity index is 711. The van der Waals surface area contributed by atoms with Crippen molar-refractivity contribution in [2.45, 2.75) is 38.6 Å². The lowest BCUT2D eigenvalue weighted by Crippen LogP contribution is -2.32. The van der Waals surface area contributed by atoms with Crippen molar-refractivity contribution in [3.8, 4) is 0 Å². The first kappa shape index (κ1) is 19.2. The summed E-state index contributed by atoms with van der Waals surface area (Å²) < 4.78 is 0.873. The maximum Gasteiger partial charge on any atom is 0.303 e. The highest BCUT2D eigenvalue weighted by Crippen LogP contribution is 2.38. The van der Waals surface area contributed by atoms with Crippen LogP contribution in [-0.4, -0.2) is 39.3 Å². The third-order valence-corrected chi connectivity index (χ3v) is 4.69. The van der Waals surface area contributed by atoms with E-state index in [0.29, 0.717) is 25.8 Å². The lowest BCUT2D eigenvalue weighted by Gasteiger charge is -2.26. The zero-order chi connectivity index (χ0) is 18.6. The Hall–Kier alpha value is -2.15. The Morgan fingerprint density at radius 1 is 1.16 bits per heavy atom. The van der Waals surface area contributed by atoms with Crippen LogP contribution in [0.2, 0.25) is 0 Å². The average Bonchev–Trinajstić information content (AvgIpc) is 2.80. The molecule has 1 atom stereocenters.